The molecule has 0 spiro atoms. The number of likely N-dealkylation sites (N-methyl/N-ethyl adjacent to an activating group) is 1. The molecule has 1 heterocycles. The number of hydrogen-bond acceptors (Lipinski definition) is 5. The van der Waals surface area contributed by atoms with Crippen LogP contribution in [0.25, 0.3) is 0 Å². The maximum Gasteiger partial charge on any atom is 0.272 e. The first-order valence-electron chi connectivity index (χ1n) is 9.38. The normalized spacial score (nSPS) is 13.0. The summed E-state index contributed by atoms with van der Waals surface area (Å²) < 4.78 is 11.9. The van der Waals surface area contributed by atoms with E-state index in [1.807, 2.05) is 49.5 Å². The van der Waals surface area contributed by atoms with Gasteiger partial charge in [0, 0.05) is 18.0 Å². The van der Waals surface area contributed by atoms with Crippen LogP contribution < -0.4 is 10.1 Å². The Bertz CT molecular complexity index is 852. The standard InChI is InChI=1S/C22H27N3O2.ClH/c1-15(2)18-11-8-12-19(14-18)26-21(17-9-6-5-7-10-17)22-24-20(25-27-22)13-16(3)23-4;/h5-12,14-16,21,23H,13H2,1-4H3;1H. The molecule has 3 rings (SSSR count). The van der Waals surface area contributed by atoms with E-state index in [0.717, 1.165) is 11.3 Å². The molecule has 0 saturated carbocycles. The first kappa shape index (κ1) is 21.9. The molecule has 0 fully saturated rings. The lowest BCUT2D eigenvalue weighted by atomic mass is 10.0. The lowest BCUT2D eigenvalue weighted by Crippen LogP contribution is -2.24. The maximum absolute atomic E-state index is 6.31. The number of benzene rings is 2. The van der Waals surface area contributed by atoms with Gasteiger partial charge >= 0.3 is 0 Å². The SMILES string of the molecule is CNC(C)Cc1noc(C(Oc2cccc(C(C)C)c2)c2ccccc2)n1.Cl. The zero-order chi connectivity index (χ0) is 19.2. The Kier molecular flexibility index (Phi) is 8.03. The highest BCUT2D eigenvalue weighted by atomic mass is 35.5. The van der Waals surface area contributed by atoms with E-state index in [0.29, 0.717) is 24.1 Å². The van der Waals surface area contributed by atoms with E-state index in [2.05, 4.69) is 48.4 Å². The van der Waals surface area contributed by atoms with Crippen molar-refractivity contribution in [3.8, 4) is 5.75 Å². The fraction of sp³-hybridized carbons (Fsp3) is 0.364. The van der Waals surface area contributed by atoms with Crippen LogP contribution in [0.3, 0.4) is 0 Å². The van der Waals surface area contributed by atoms with Gasteiger partial charge in [-0.2, -0.15) is 4.98 Å². The highest BCUT2D eigenvalue weighted by Gasteiger charge is 2.24. The van der Waals surface area contributed by atoms with Gasteiger partial charge in [0.25, 0.3) is 5.89 Å². The molecule has 3 aromatic rings. The van der Waals surface area contributed by atoms with Gasteiger partial charge in [-0.3, -0.25) is 0 Å². The van der Waals surface area contributed by atoms with E-state index >= 15 is 0 Å². The van der Waals surface area contributed by atoms with Gasteiger partial charge in [-0.05, 0) is 37.6 Å². The third kappa shape index (κ3) is 5.57. The molecule has 1 N–H and O–H groups in total. The van der Waals surface area contributed by atoms with Gasteiger partial charge in [-0.1, -0.05) is 61.5 Å². The molecule has 28 heavy (non-hydrogen) atoms. The van der Waals surface area contributed by atoms with Crippen molar-refractivity contribution in [3.05, 3.63) is 77.4 Å². The molecule has 0 bridgehead atoms. The third-order valence-corrected chi connectivity index (χ3v) is 4.57. The first-order chi connectivity index (χ1) is 13.1. The van der Waals surface area contributed by atoms with E-state index in [9.17, 15) is 0 Å². The zero-order valence-electron chi connectivity index (χ0n) is 16.8. The Labute approximate surface area is 172 Å². The van der Waals surface area contributed by atoms with Gasteiger partial charge in [0.2, 0.25) is 6.10 Å². The third-order valence-electron chi connectivity index (χ3n) is 4.57. The monoisotopic (exact) mass is 401 g/mol. The summed E-state index contributed by atoms with van der Waals surface area (Å²) in [4.78, 5) is 4.59. The van der Waals surface area contributed by atoms with E-state index in [1.165, 1.54) is 5.56 Å². The highest BCUT2D eigenvalue weighted by molar-refractivity contribution is 5.85. The summed E-state index contributed by atoms with van der Waals surface area (Å²) in [5.74, 6) is 2.36. The summed E-state index contributed by atoms with van der Waals surface area (Å²) >= 11 is 0. The van der Waals surface area contributed by atoms with Crippen molar-refractivity contribution in [2.45, 2.75) is 45.3 Å². The van der Waals surface area contributed by atoms with Crippen LogP contribution in [0.2, 0.25) is 0 Å². The summed E-state index contributed by atoms with van der Waals surface area (Å²) in [6, 6.07) is 18.4. The van der Waals surface area contributed by atoms with Crippen molar-refractivity contribution in [3.63, 3.8) is 0 Å². The highest BCUT2D eigenvalue weighted by Crippen LogP contribution is 2.29. The fourth-order valence-electron chi connectivity index (χ4n) is 2.80. The van der Waals surface area contributed by atoms with Crippen molar-refractivity contribution < 1.29 is 9.26 Å². The lowest BCUT2D eigenvalue weighted by Gasteiger charge is -2.17. The summed E-state index contributed by atoms with van der Waals surface area (Å²) in [5, 5.41) is 7.32. The minimum atomic E-state index is -0.445. The van der Waals surface area contributed by atoms with Crippen LogP contribution in [0.5, 0.6) is 5.75 Å². The molecule has 2 aromatic carbocycles. The van der Waals surface area contributed by atoms with E-state index in [-0.39, 0.29) is 18.4 Å². The van der Waals surface area contributed by atoms with Crippen molar-refractivity contribution in [2.75, 3.05) is 7.05 Å². The molecule has 0 saturated heterocycles. The summed E-state index contributed by atoms with van der Waals surface area (Å²) in [7, 11) is 1.92. The molecule has 0 aliphatic rings. The van der Waals surface area contributed by atoms with Gasteiger partial charge < -0.3 is 14.6 Å². The molecule has 0 aliphatic heterocycles. The first-order valence-corrected chi connectivity index (χ1v) is 9.38. The average molecular weight is 402 g/mol. The van der Waals surface area contributed by atoms with E-state index in [4.69, 9.17) is 9.26 Å². The van der Waals surface area contributed by atoms with Crippen LogP contribution in [0.15, 0.2) is 59.1 Å². The molecular weight excluding hydrogens is 374 g/mol. The quantitative estimate of drug-likeness (QED) is 0.579. The summed E-state index contributed by atoms with van der Waals surface area (Å²) in [6.45, 7) is 6.42. The van der Waals surface area contributed by atoms with Gasteiger partial charge in [0.15, 0.2) is 5.82 Å². The number of nitrogens with one attached hydrogen (secondary N) is 1. The predicted octanol–water partition coefficient (Wildman–Crippen LogP) is 4.93. The van der Waals surface area contributed by atoms with Crippen molar-refractivity contribution in [2.24, 2.45) is 0 Å². The second-order valence-corrected chi connectivity index (χ2v) is 7.08. The average Bonchev–Trinajstić information content (AvgIpc) is 3.15. The molecule has 6 heteroatoms. The smallest absolute Gasteiger partial charge is 0.272 e. The van der Waals surface area contributed by atoms with Gasteiger partial charge in [-0.25, -0.2) is 0 Å². The number of halogens is 1. The Morgan fingerprint density at radius 2 is 1.71 bits per heavy atom. The van der Waals surface area contributed by atoms with Crippen molar-refractivity contribution >= 4 is 12.4 Å². The van der Waals surface area contributed by atoms with Crippen LogP contribution in [0.1, 0.15) is 55.6 Å². The predicted molar refractivity (Wildman–Crippen MR) is 113 cm³/mol. The molecule has 0 radical (unpaired) electrons. The van der Waals surface area contributed by atoms with E-state index < -0.39 is 6.10 Å². The molecule has 2 atom stereocenters. The van der Waals surface area contributed by atoms with Gasteiger partial charge in [0.05, 0.1) is 0 Å². The summed E-state index contributed by atoms with van der Waals surface area (Å²) in [6.07, 6.45) is 0.254. The zero-order valence-corrected chi connectivity index (χ0v) is 17.6. The van der Waals surface area contributed by atoms with Crippen LogP contribution >= 0.6 is 12.4 Å². The summed E-state index contributed by atoms with van der Waals surface area (Å²) in [5.41, 5.74) is 2.21. The molecule has 2 unspecified atom stereocenters. The molecule has 0 amide bonds. The second kappa shape index (κ2) is 10.2. The molecule has 1 aromatic heterocycles. The Morgan fingerprint density at radius 1 is 1.00 bits per heavy atom. The number of aromatic nitrogens is 2. The Balaban J connectivity index is 0.00000280. The molecule has 5 nitrogen and oxygen atoms in total. The number of hydrogen-bond donors (Lipinski definition) is 1. The van der Waals surface area contributed by atoms with Crippen molar-refractivity contribution in [1.29, 1.82) is 0 Å². The molecule has 150 valence electrons. The van der Waals surface area contributed by atoms with Gasteiger partial charge in [0.1, 0.15) is 5.75 Å². The van der Waals surface area contributed by atoms with E-state index in [1.54, 1.807) is 0 Å². The number of ether oxygens (including phenoxy) is 1. The number of nitrogens with zero attached hydrogens (tertiary/aromatic N) is 2. The van der Waals surface area contributed by atoms with Crippen molar-refractivity contribution in [1.82, 2.24) is 15.5 Å². The minimum Gasteiger partial charge on any atom is -0.476 e. The van der Waals surface area contributed by atoms with Crippen LogP contribution in [0.4, 0.5) is 0 Å². The second-order valence-electron chi connectivity index (χ2n) is 7.08. The molecule has 0 aliphatic carbocycles. The molecular formula is C22H28ClN3O2. The topological polar surface area (TPSA) is 60.2 Å². The minimum absolute atomic E-state index is 0. The Hall–Kier alpha value is -2.37. The van der Waals surface area contributed by atoms with Gasteiger partial charge in [-0.15, -0.1) is 12.4 Å². The van der Waals surface area contributed by atoms with Crippen LogP contribution in [-0.2, 0) is 6.42 Å². The van der Waals surface area contributed by atoms with Crippen LogP contribution in [0, 0.1) is 0 Å². The Morgan fingerprint density at radius 3 is 2.39 bits per heavy atom. The maximum atomic E-state index is 6.31. The largest absolute Gasteiger partial charge is 0.476 e. The fourth-order valence-corrected chi connectivity index (χ4v) is 2.80. The lowest BCUT2D eigenvalue weighted by molar-refractivity contribution is 0.193. The van der Waals surface area contributed by atoms with Crippen LogP contribution in [-0.4, -0.2) is 23.2 Å². The number of rotatable bonds is 8.